The van der Waals surface area contributed by atoms with Crippen LogP contribution in [0.5, 0.6) is 0 Å². The number of carboxylic acids is 1. The van der Waals surface area contributed by atoms with Gasteiger partial charge in [0.2, 0.25) is 11.8 Å². The molecule has 6 heteroatoms. The summed E-state index contributed by atoms with van der Waals surface area (Å²) in [6, 6.07) is 8.46. The molecule has 1 amide bonds. The van der Waals surface area contributed by atoms with E-state index in [1.807, 2.05) is 0 Å². The second kappa shape index (κ2) is 6.64. The fourth-order valence-electron chi connectivity index (χ4n) is 3.03. The molecule has 0 saturated heterocycles. The van der Waals surface area contributed by atoms with Gasteiger partial charge in [-0.1, -0.05) is 37.3 Å². The highest BCUT2D eigenvalue weighted by Gasteiger charge is 2.43. The first-order valence-corrected chi connectivity index (χ1v) is 7.79. The standard InChI is InChI=1S/C17H21F2NO3/c1-2-17(15(22)23,13-6-4-3-5-7-13)20-14(21)12-8-10-16(18,19)11-9-12/h3-7,12H,2,8-11H2,1H3,(H,20,21)(H,22,23). The fraction of sp³-hybridized carbons (Fsp3) is 0.529. The van der Waals surface area contributed by atoms with E-state index in [2.05, 4.69) is 5.32 Å². The number of rotatable bonds is 5. The quantitative estimate of drug-likeness (QED) is 0.873. The molecular formula is C17H21F2NO3. The monoisotopic (exact) mass is 325 g/mol. The van der Waals surface area contributed by atoms with Crippen molar-refractivity contribution in [2.45, 2.75) is 50.5 Å². The maximum absolute atomic E-state index is 13.2. The first kappa shape index (κ1) is 17.4. The number of hydrogen-bond acceptors (Lipinski definition) is 2. The van der Waals surface area contributed by atoms with E-state index in [0.717, 1.165) is 0 Å². The molecule has 1 aromatic carbocycles. The Morgan fingerprint density at radius 3 is 2.30 bits per heavy atom. The molecule has 0 aromatic heterocycles. The lowest BCUT2D eigenvalue weighted by Gasteiger charge is -2.33. The summed E-state index contributed by atoms with van der Waals surface area (Å²) in [5.41, 5.74) is -1.05. The molecule has 0 spiro atoms. The second-order valence-electron chi connectivity index (χ2n) is 6.05. The van der Waals surface area contributed by atoms with E-state index in [4.69, 9.17) is 0 Å². The van der Waals surface area contributed by atoms with E-state index in [0.29, 0.717) is 5.56 Å². The molecule has 1 fully saturated rings. The lowest BCUT2D eigenvalue weighted by molar-refractivity contribution is -0.150. The highest BCUT2D eigenvalue weighted by atomic mass is 19.3. The molecule has 2 rings (SSSR count). The molecule has 0 aliphatic heterocycles. The summed E-state index contributed by atoms with van der Waals surface area (Å²) >= 11 is 0. The van der Waals surface area contributed by atoms with Gasteiger partial charge in [-0.3, -0.25) is 4.79 Å². The van der Waals surface area contributed by atoms with Crippen LogP contribution in [-0.2, 0) is 15.1 Å². The Bertz CT molecular complexity index is 566. The van der Waals surface area contributed by atoms with E-state index in [1.54, 1.807) is 37.3 Å². The third kappa shape index (κ3) is 3.68. The number of nitrogens with one attached hydrogen (secondary N) is 1. The maximum atomic E-state index is 13.2. The smallest absolute Gasteiger partial charge is 0.334 e. The number of carbonyl (C=O) groups is 2. The molecule has 1 unspecified atom stereocenters. The summed E-state index contributed by atoms with van der Waals surface area (Å²) in [6.45, 7) is 1.68. The number of carbonyl (C=O) groups excluding carboxylic acids is 1. The number of aliphatic carboxylic acids is 1. The van der Waals surface area contributed by atoms with Gasteiger partial charge in [0.15, 0.2) is 5.54 Å². The number of hydrogen-bond donors (Lipinski definition) is 2. The van der Waals surface area contributed by atoms with Crippen LogP contribution in [0.2, 0.25) is 0 Å². The second-order valence-corrected chi connectivity index (χ2v) is 6.05. The van der Waals surface area contributed by atoms with Crippen LogP contribution < -0.4 is 5.32 Å². The van der Waals surface area contributed by atoms with Gasteiger partial charge in [-0.05, 0) is 24.8 Å². The van der Waals surface area contributed by atoms with Gasteiger partial charge in [0.25, 0.3) is 0 Å². The average Bonchev–Trinajstić information content (AvgIpc) is 2.53. The molecule has 1 aromatic rings. The Morgan fingerprint density at radius 2 is 1.83 bits per heavy atom. The largest absolute Gasteiger partial charge is 0.479 e. The van der Waals surface area contributed by atoms with E-state index in [9.17, 15) is 23.5 Å². The SMILES string of the molecule is CCC(NC(=O)C1CCC(F)(F)CC1)(C(=O)O)c1ccccc1. The number of benzene rings is 1. The Morgan fingerprint density at radius 1 is 1.26 bits per heavy atom. The van der Waals surface area contributed by atoms with Gasteiger partial charge in [-0.15, -0.1) is 0 Å². The van der Waals surface area contributed by atoms with E-state index in [1.165, 1.54) is 0 Å². The molecule has 1 atom stereocenters. The van der Waals surface area contributed by atoms with Crippen LogP contribution in [0, 0.1) is 5.92 Å². The molecule has 1 saturated carbocycles. The zero-order valence-corrected chi connectivity index (χ0v) is 13.0. The average molecular weight is 325 g/mol. The zero-order chi connectivity index (χ0) is 17.1. The molecule has 126 valence electrons. The molecule has 0 radical (unpaired) electrons. The van der Waals surface area contributed by atoms with Crippen molar-refractivity contribution >= 4 is 11.9 Å². The Hall–Kier alpha value is -1.98. The van der Waals surface area contributed by atoms with Gasteiger partial charge in [-0.25, -0.2) is 13.6 Å². The number of alkyl halides is 2. The van der Waals surface area contributed by atoms with E-state index in [-0.39, 0.29) is 32.1 Å². The van der Waals surface area contributed by atoms with Crippen molar-refractivity contribution in [2.24, 2.45) is 5.92 Å². The highest BCUT2D eigenvalue weighted by molar-refractivity contribution is 5.89. The Labute approximate surface area is 133 Å². The topological polar surface area (TPSA) is 66.4 Å². The van der Waals surface area contributed by atoms with Gasteiger partial charge in [0.05, 0.1) is 0 Å². The van der Waals surface area contributed by atoms with Crippen LogP contribution in [-0.4, -0.2) is 22.9 Å². The van der Waals surface area contributed by atoms with Gasteiger partial charge in [-0.2, -0.15) is 0 Å². The number of amides is 1. The van der Waals surface area contributed by atoms with Gasteiger partial charge < -0.3 is 10.4 Å². The minimum absolute atomic E-state index is 0.0764. The molecular weight excluding hydrogens is 304 g/mol. The minimum Gasteiger partial charge on any atom is -0.479 e. The normalized spacial score (nSPS) is 20.5. The third-order valence-corrected chi connectivity index (χ3v) is 4.59. The molecule has 0 heterocycles. The van der Waals surface area contributed by atoms with Crippen molar-refractivity contribution in [3.8, 4) is 0 Å². The van der Waals surface area contributed by atoms with Crippen molar-refractivity contribution in [3.63, 3.8) is 0 Å². The molecule has 4 nitrogen and oxygen atoms in total. The highest BCUT2D eigenvalue weighted by Crippen LogP contribution is 2.37. The summed E-state index contributed by atoms with van der Waals surface area (Å²) < 4.78 is 26.4. The minimum atomic E-state index is -2.72. The first-order valence-electron chi connectivity index (χ1n) is 7.79. The lowest BCUT2D eigenvalue weighted by atomic mass is 9.83. The fourth-order valence-corrected chi connectivity index (χ4v) is 3.03. The van der Waals surface area contributed by atoms with Crippen LogP contribution in [0.1, 0.15) is 44.6 Å². The van der Waals surface area contributed by atoms with E-state index < -0.39 is 29.3 Å². The molecule has 0 bridgehead atoms. The van der Waals surface area contributed by atoms with Crippen molar-refractivity contribution in [2.75, 3.05) is 0 Å². The Balaban J connectivity index is 2.19. The lowest BCUT2D eigenvalue weighted by Crippen LogP contribution is -2.53. The molecule has 1 aliphatic carbocycles. The molecule has 2 N–H and O–H groups in total. The van der Waals surface area contributed by atoms with E-state index >= 15 is 0 Å². The van der Waals surface area contributed by atoms with Crippen LogP contribution in [0.25, 0.3) is 0 Å². The number of carboxylic acid groups (broad SMARTS) is 1. The Kier molecular flexibility index (Phi) is 5.02. The summed E-state index contributed by atoms with van der Waals surface area (Å²) in [7, 11) is 0. The predicted molar refractivity (Wildman–Crippen MR) is 81.1 cm³/mol. The van der Waals surface area contributed by atoms with Crippen LogP contribution in [0.3, 0.4) is 0 Å². The maximum Gasteiger partial charge on any atom is 0.334 e. The molecule has 23 heavy (non-hydrogen) atoms. The predicted octanol–water partition coefficient (Wildman–Crippen LogP) is 3.32. The van der Waals surface area contributed by atoms with Gasteiger partial charge in [0, 0.05) is 18.8 Å². The van der Waals surface area contributed by atoms with Crippen molar-refractivity contribution < 1.29 is 23.5 Å². The van der Waals surface area contributed by atoms with Crippen molar-refractivity contribution in [3.05, 3.63) is 35.9 Å². The summed E-state index contributed by atoms with van der Waals surface area (Å²) in [6.07, 6.45) is -0.341. The first-order chi connectivity index (χ1) is 10.8. The summed E-state index contributed by atoms with van der Waals surface area (Å²) in [5.74, 6) is -4.90. The van der Waals surface area contributed by atoms with Gasteiger partial charge >= 0.3 is 5.97 Å². The summed E-state index contributed by atoms with van der Waals surface area (Å²) in [5, 5.41) is 12.3. The van der Waals surface area contributed by atoms with Crippen LogP contribution >= 0.6 is 0 Å². The van der Waals surface area contributed by atoms with Crippen LogP contribution in [0.4, 0.5) is 8.78 Å². The van der Waals surface area contributed by atoms with Crippen LogP contribution in [0.15, 0.2) is 30.3 Å². The number of halogens is 2. The van der Waals surface area contributed by atoms with Crippen molar-refractivity contribution in [1.82, 2.24) is 5.32 Å². The molecule has 1 aliphatic rings. The summed E-state index contributed by atoms with van der Waals surface area (Å²) in [4.78, 5) is 24.3. The van der Waals surface area contributed by atoms with Crippen molar-refractivity contribution in [1.29, 1.82) is 0 Å². The van der Waals surface area contributed by atoms with Gasteiger partial charge in [0.1, 0.15) is 0 Å². The zero-order valence-electron chi connectivity index (χ0n) is 13.0. The third-order valence-electron chi connectivity index (χ3n) is 4.59.